The molecule has 31 heavy (non-hydrogen) atoms. The van der Waals surface area contributed by atoms with Crippen LogP contribution in [-0.4, -0.2) is 70.0 Å². The standard InChI is InChI=1S/C21H24O10/c1-9(2)18(25)29-12-7-20(5)13(24)6-14(31-20)21(27,8-22)17(28-11(4)23)16-15(12)10(3)19(26)30-16/h6,12,15-17,22,27H,1,3,7-8H2,2,4-5H3/t12-,15-,16-,17+,20-,21?/m1/s1. The largest absolute Gasteiger partial charge is 0.480 e. The highest BCUT2D eigenvalue weighted by Gasteiger charge is 2.63. The topological polar surface area (TPSA) is 146 Å². The van der Waals surface area contributed by atoms with Crippen molar-refractivity contribution in [1.82, 2.24) is 0 Å². The van der Waals surface area contributed by atoms with Gasteiger partial charge in [-0.1, -0.05) is 13.2 Å². The van der Waals surface area contributed by atoms with Crippen molar-refractivity contribution in [2.24, 2.45) is 5.92 Å². The Morgan fingerprint density at radius 2 is 1.94 bits per heavy atom. The molecule has 6 atom stereocenters. The molecule has 3 aliphatic rings. The Kier molecular flexibility index (Phi) is 5.57. The minimum Gasteiger partial charge on any atom is -0.480 e. The summed E-state index contributed by atoms with van der Waals surface area (Å²) in [5.41, 5.74) is -4.05. The van der Waals surface area contributed by atoms with Crippen molar-refractivity contribution >= 4 is 23.7 Å². The number of ketones is 1. The lowest BCUT2D eigenvalue weighted by atomic mass is 9.78. The Morgan fingerprint density at radius 3 is 2.48 bits per heavy atom. The van der Waals surface area contributed by atoms with E-state index < -0.39 is 65.7 Å². The van der Waals surface area contributed by atoms with Gasteiger partial charge in [0.1, 0.15) is 11.9 Å². The Labute approximate surface area is 178 Å². The number of rotatable bonds is 4. The third-order valence-corrected chi connectivity index (χ3v) is 5.71. The number of esters is 3. The van der Waals surface area contributed by atoms with Gasteiger partial charge < -0.3 is 29.2 Å². The molecule has 0 radical (unpaired) electrons. The highest BCUT2D eigenvalue weighted by Crippen LogP contribution is 2.47. The van der Waals surface area contributed by atoms with Crippen LogP contribution in [0.4, 0.5) is 0 Å². The first-order valence-corrected chi connectivity index (χ1v) is 9.56. The fraction of sp³-hybridized carbons (Fsp3) is 0.524. The quantitative estimate of drug-likeness (QED) is 0.347. The van der Waals surface area contributed by atoms with Crippen LogP contribution >= 0.6 is 0 Å². The fourth-order valence-electron chi connectivity index (χ4n) is 4.03. The van der Waals surface area contributed by atoms with Crippen molar-refractivity contribution in [2.75, 3.05) is 6.61 Å². The van der Waals surface area contributed by atoms with Gasteiger partial charge in [0.15, 0.2) is 23.4 Å². The van der Waals surface area contributed by atoms with Gasteiger partial charge in [-0.25, -0.2) is 9.59 Å². The van der Waals surface area contributed by atoms with Gasteiger partial charge in [0.2, 0.25) is 5.78 Å². The van der Waals surface area contributed by atoms with E-state index in [1.165, 1.54) is 13.8 Å². The second-order valence-electron chi connectivity index (χ2n) is 8.17. The molecule has 2 bridgehead atoms. The maximum absolute atomic E-state index is 12.8. The third-order valence-electron chi connectivity index (χ3n) is 5.71. The molecule has 2 fully saturated rings. The zero-order valence-electron chi connectivity index (χ0n) is 17.4. The van der Waals surface area contributed by atoms with Gasteiger partial charge in [-0.2, -0.15) is 0 Å². The van der Waals surface area contributed by atoms with Crippen LogP contribution in [0.25, 0.3) is 0 Å². The van der Waals surface area contributed by atoms with E-state index in [-0.39, 0.29) is 23.3 Å². The summed E-state index contributed by atoms with van der Waals surface area (Å²) in [7, 11) is 0. The van der Waals surface area contributed by atoms with E-state index in [2.05, 4.69) is 13.2 Å². The van der Waals surface area contributed by atoms with Crippen LogP contribution in [0.15, 0.2) is 36.1 Å². The average molecular weight is 436 g/mol. The summed E-state index contributed by atoms with van der Waals surface area (Å²) in [6.45, 7) is 10.1. The number of hydrogen-bond donors (Lipinski definition) is 2. The molecule has 1 unspecified atom stereocenters. The molecule has 10 nitrogen and oxygen atoms in total. The number of hydrogen-bond acceptors (Lipinski definition) is 10. The number of carbonyl (C=O) groups excluding carboxylic acids is 4. The van der Waals surface area contributed by atoms with Crippen molar-refractivity contribution in [2.45, 2.75) is 56.7 Å². The molecule has 0 saturated carbocycles. The third kappa shape index (κ3) is 3.66. The van der Waals surface area contributed by atoms with Crippen LogP contribution in [0.2, 0.25) is 0 Å². The van der Waals surface area contributed by atoms with Gasteiger partial charge >= 0.3 is 17.9 Å². The fourth-order valence-corrected chi connectivity index (χ4v) is 4.03. The summed E-state index contributed by atoms with van der Waals surface area (Å²) in [4.78, 5) is 49.3. The molecule has 0 aromatic rings. The lowest BCUT2D eigenvalue weighted by Gasteiger charge is -2.38. The molecule has 0 amide bonds. The molecule has 0 aromatic heterocycles. The molecule has 10 heteroatoms. The highest BCUT2D eigenvalue weighted by molar-refractivity contribution is 6.00. The zero-order valence-corrected chi connectivity index (χ0v) is 17.4. The minimum absolute atomic E-state index is 0.0679. The first-order chi connectivity index (χ1) is 14.3. The Morgan fingerprint density at radius 1 is 1.29 bits per heavy atom. The molecule has 2 N–H and O–H groups in total. The second kappa shape index (κ2) is 7.61. The molecular formula is C21H24O10. The maximum Gasteiger partial charge on any atom is 0.334 e. The number of aliphatic hydroxyl groups is 2. The summed E-state index contributed by atoms with van der Waals surface area (Å²) < 4.78 is 21.9. The lowest BCUT2D eigenvalue weighted by molar-refractivity contribution is -0.194. The van der Waals surface area contributed by atoms with Crippen LogP contribution in [0, 0.1) is 5.92 Å². The summed E-state index contributed by atoms with van der Waals surface area (Å²) in [5, 5.41) is 21.3. The van der Waals surface area contributed by atoms with Crippen LogP contribution in [0.1, 0.15) is 27.2 Å². The van der Waals surface area contributed by atoms with Crippen molar-refractivity contribution in [3.05, 3.63) is 36.1 Å². The second-order valence-corrected chi connectivity index (χ2v) is 8.17. The lowest BCUT2D eigenvalue weighted by Crippen LogP contribution is -2.57. The van der Waals surface area contributed by atoms with E-state index in [1.54, 1.807) is 0 Å². The molecular weight excluding hydrogens is 412 g/mol. The van der Waals surface area contributed by atoms with Crippen molar-refractivity contribution in [1.29, 1.82) is 0 Å². The van der Waals surface area contributed by atoms with E-state index in [0.717, 1.165) is 13.0 Å². The molecule has 0 aromatic carbocycles. The number of carbonyl (C=O) groups is 4. The van der Waals surface area contributed by atoms with Gasteiger partial charge in [-0.15, -0.1) is 0 Å². The number of aliphatic hydroxyl groups excluding tert-OH is 1. The predicted molar refractivity (Wildman–Crippen MR) is 102 cm³/mol. The number of fused-ring (bicyclic) bond motifs is 3. The summed E-state index contributed by atoms with van der Waals surface area (Å²) in [6.07, 6.45) is -3.50. The Balaban J connectivity index is 2.21. The maximum atomic E-state index is 12.8. The van der Waals surface area contributed by atoms with Gasteiger partial charge in [0, 0.05) is 30.6 Å². The number of ether oxygens (including phenoxy) is 4. The normalized spacial score (nSPS) is 36.8. The predicted octanol–water partition coefficient (Wildman–Crippen LogP) is -0.127. The monoisotopic (exact) mass is 436 g/mol. The van der Waals surface area contributed by atoms with Crippen LogP contribution in [0.5, 0.6) is 0 Å². The molecule has 2 saturated heterocycles. The minimum atomic E-state index is -2.42. The van der Waals surface area contributed by atoms with Crippen LogP contribution in [0.3, 0.4) is 0 Å². The highest BCUT2D eigenvalue weighted by atomic mass is 16.6. The van der Waals surface area contributed by atoms with Crippen molar-refractivity contribution < 1.29 is 48.3 Å². The first-order valence-electron chi connectivity index (χ1n) is 9.56. The Bertz CT molecular complexity index is 917. The van der Waals surface area contributed by atoms with E-state index in [0.29, 0.717) is 0 Å². The van der Waals surface area contributed by atoms with Crippen molar-refractivity contribution in [3.8, 4) is 0 Å². The molecule has 3 aliphatic heterocycles. The molecule has 168 valence electrons. The average Bonchev–Trinajstić information content (AvgIpc) is 3.14. The molecule has 0 spiro atoms. The summed E-state index contributed by atoms with van der Waals surface area (Å²) >= 11 is 0. The van der Waals surface area contributed by atoms with Crippen LogP contribution in [-0.2, 0) is 38.1 Å². The van der Waals surface area contributed by atoms with Gasteiger partial charge in [-0.3, -0.25) is 9.59 Å². The van der Waals surface area contributed by atoms with Gasteiger partial charge in [-0.05, 0) is 13.8 Å². The van der Waals surface area contributed by atoms with Gasteiger partial charge in [0.25, 0.3) is 0 Å². The van der Waals surface area contributed by atoms with E-state index in [4.69, 9.17) is 18.9 Å². The van der Waals surface area contributed by atoms with E-state index in [1.807, 2.05) is 0 Å². The van der Waals surface area contributed by atoms with Gasteiger partial charge in [0.05, 0.1) is 12.5 Å². The summed E-state index contributed by atoms with van der Waals surface area (Å²) in [5.74, 6) is -4.53. The first kappa shape index (κ1) is 22.7. The van der Waals surface area contributed by atoms with E-state index >= 15 is 0 Å². The molecule has 0 aliphatic carbocycles. The zero-order chi connectivity index (χ0) is 23.3. The molecule has 3 heterocycles. The van der Waals surface area contributed by atoms with E-state index in [9.17, 15) is 29.4 Å². The SMILES string of the molecule is C=C(C)C(=O)O[C@@H]1C[C@@]2(C)OC(=CC2=O)C(O)(CO)[C@@H](OC(C)=O)[C@@H]2OC(=O)C(=C)[C@@H]21. The Hall–Kier alpha value is -2.98. The van der Waals surface area contributed by atoms with Crippen LogP contribution < -0.4 is 0 Å². The smallest absolute Gasteiger partial charge is 0.334 e. The summed E-state index contributed by atoms with van der Waals surface area (Å²) in [6, 6.07) is 0. The molecule has 3 rings (SSSR count). The van der Waals surface area contributed by atoms with Crippen molar-refractivity contribution in [3.63, 3.8) is 0 Å².